The topological polar surface area (TPSA) is 75.4 Å². The van der Waals surface area contributed by atoms with Gasteiger partial charge in [-0.1, -0.05) is 22.9 Å². The maximum Gasteiger partial charge on any atom is 0.256 e. The molecule has 0 radical (unpaired) electrons. The fraction of sp³-hybridized carbons (Fsp3) is 0.385. The van der Waals surface area contributed by atoms with Crippen LogP contribution < -0.4 is 11.1 Å². The van der Waals surface area contributed by atoms with Crippen molar-refractivity contribution in [2.45, 2.75) is 13.3 Å². The summed E-state index contributed by atoms with van der Waals surface area (Å²) in [6, 6.07) is 5.05. The van der Waals surface area contributed by atoms with Crippen molar-refractivity contribution in [2.75, 3.05) is 25.9 Å². The number of nitrogens with zero attached hydrogens (tertiary/aromatic N) is 1. The molecule has 19 heavy (non-hydrogen) atoms. The summed E-state index contributed by atoms with van der Waals surface area (Å²) in [4.78, 5) is 25.0. The Morgan fingerprint density at radius 3 is 2.68 bits per heavy atom. The van der Waals surface area contributed by atoms with Crippen LogP contribution in [0.3, 0.4) is 0 Å². The summed E-state index contributed by atoms with van der Waals surface area (Å²) in [5.74, 6) is -0.440. The molecule has 0 spiro atoms. The first kappa shape index (κ1) is 15.5. The second-order valence-electron chi connectivity index (χ2n) is 4.24. The summed E-state index contributed by atoms with van der Waals surface area (Å²) in [5.41, 5.74) is 6.58. The molecule has 1 rings (SSSR count). The molecule has 1 aromatic rings. The van der Waals surface area contributed by atoms with Crippen molar-refractivity contribution in [3.63, 3.8) is 0 Å². The van der Waals surface area contributed by atoms with Gasteiger partial charge in [-0.15, -0.1) is 0 Å². The number of amides is 2. The van der Waals surface area contributed by atoms with Crippen molar-refractivity contribution in [3.05, 3.63) is 28.2 Å². The molecular weight excluding hydrogens is 310 g/mol. The van der Waals surface area contributed by atoms with Crippen molar-refractivity contribution in [1.82, 2.24) is 10.2 Å². The van der Waals surface area contributed by atoms with Crippen LogP contribution in [0.15, 0.2) is 22.7 Å². The van der Waals surface area contributed by atoms with E-state index in [1.807, 2.05) is 6.92 Å². The molecule has 0 unspecified atom stereocenters. The fourth-order valence-electron chi connectivity index (χ4n) is 1.54. The number of likely N-dealkylation sites (N-methyl/N-ethyl adjacent to an activating group) is 1. The monoisotopic (exact) mass is 327 g/mol. The maximum atomic E-state index is 12.1. The van der Waals surface area contributed by atoms with Crippen LogP contribution in [0.2, 0.25) is 0 Å². The van der Waals surface area contributed by atoms with Crippen molar-refractivity contribution < 1.29 is 9.59 Å². The zero-order valence-electron chi connectivity index (χ0n) is 11.1. The fourth-order valence-corrected chi connectivity index (χ4v) is 1.92. The Kier molecular flexibility index (Phi) is 5.82. The van der Waals surface area contributed by atoms with Gasteiger partial charge in [0.2, 0.25) is 5.91 Å². The average Bonchev–Trinajstić information content (AvgIpc) is 2.35. The quantitative estimate of drug-likeness (QED) is 0.807. The van der Waals surface area contributed by atoms with Crippen LogP contribution in [0.4, 0.5) is 5.69 Å². The van der Waals surface area contributed by atoms with Crippen LogP contribution in [-0.2, 0) is 4.79 Å². The largest absolute Gasteiger partial charge is 0.398 e. The minimum Gasteiger partial charge on any atom is -0.398 e. The molecule has 0 atom stereocenters. The second kappa shape index (κ2) is 7.13. The number of carbonyl (C=O) groups excluding carboxylic acids is 2. The third kappa shape index (κ3) is 4.55. The van der Waals surface area contributed by atoms with Gasteiger partial charge >= 0.3 is 0 Å². The summed E-state index contributed by atoms with van der Waals surface area (Å²) in [7, 11) is 1.58. The third-order valence-corrected chi connectivity index (χ3v) is 3.04. The van der Waals surface area contributed by atoms with Gasteiger partial charge in [0.05, 0.1) is 12.1 Å². The molecule has 2 amide bonds. The highest BCUT2D eigenvalue weighted by Gasteiger charge is 2.17. The zero-order chi connectivity index (χ0) is 14.4. The average molecular weight is 328 g/mol. The van der Waals surface area contributed by atoms with Gasteiger partial charge in [-0.05, 0) is 24.6 Å². The summed E-state index contributed by atoms with van der Waals surface area (Å²) < 4.78 is 0.810. The number of nitrogen functional groups attached to an aromatic ring is 1. The summed E-state index contributed by atoms with van der Waals surface area (Å²) >= 11 is 3.28. The molecule has 104 valence electrons. The van der Waals surface area contributed by atoms with Gasteiger partial charge in [0, 0.05) is 23.8 Å². The van der Waals surface area contributed by atoms with E-state index in [0.29, 0.717) is 17.8 Å². The van der Waals surface area contributed by atoms with E-state index in [4.69, 9.17) is 5.73 Å². The van der Waals surface area contributed by atoms with Gasteiger partial charge in [-0.25, -0.2) is 0 Å². The molecular formula is C13H18BrN3O2. The molecule has 0 bridgehead atoms. The van der Waals surface area contributed by atoms with Gasteiger partial charge in [-0.3, -0.25) is 9.59 Å². The normalized spacial score (nSPS) is 10.1. The van der Waals surface area contributed by atoms with E-state index in [-0.39, 0.29) is 18.4 Å². The molecule has 0 fully saturated rings. The van der Waals surface area contributed by atoms with Gasteiger partial charge in [0.1, 0.15) is 0 Å². The first-order valence-electron chi connectivity index (χ1n) is 6.03. The highest BCUT2D eigenvalue weighted by Crippen LogP contribution is 2.19. The first-order chi connectivity index (χ1) is 8.95. The summed E-state index contributed by atoms with van der Waals surface area (Å²) in [6.07, 6.45) is 0.864. The van der Waals surface area contributed by atoms with Crippen LogP contribution in [0.1, 0.15) is 23.7 Å². The Morgan fingerprint density at radius 1 is 1.42 bits per heavy atom. The summed E-state index contributed by atoms with van der Waals surface area (Å²) in [5, 5.41) is 2.72. The number of anilines is 1. The third-order valence-electron chi connectivity index (χ3n) is 2.54. The van der Waals surface area contributed by atoms with Crippen LogP contribution in [-0.4, -0.2) is 36.9 Å². The minimum absolute atomic E-state index is 0.0222. The molecule has 0 aliphatic rings. The molecule has 0 heterocycles. The SMILES string of the molecule is CCCNC(=O)CN(C)C(=O)c1ccc(Br)cc1N. The number of rotatable bonds is 5. The van der Waals surface area contributed by atoms with E-state index in [2.05, 4.69) is 21.2 Å². The predicted octanol–water partition coefficient (Wildman–Crippen LogP) is 1.63. The lowest BCUT2D eigenvalue weighted by molar-refractivity contribution is -0.121. The Labute approximate surface area is 121 Å². The Bertz CT molecular complexity index is 477. The number of halogens is 1. The molecule has 0 aromatic heterocycles. The lowest BCUT2D eigenvalue weighted by Crippen LogP contribution is -2.38. The molecule has 0 aliphatic carbocycles. The van der Waals surface area contributed by atoms with Gasteiger partial charge < -0.3 is 16.0 Å². The summed E-state index contributed by atoms with van der Waals surface area (Å²) in [6.45, 7) is 2.60. The Balaban J connectivity index is 2.69. The lowest BCUT2D eigenvalue weighted by Gasteiger charge is -2.17. The predicted molar refractivity (Wildman–Crippen MR) is 78.8 cm³/mol. The van der Waals surface area contributed by atoms with Crippen molar-refractivity contribution in [2.24, 2.45) is 0 Å². The number of nitrogens with one attached hydrogen (secondary N) is 1. The van der Waals surface area contributed by atoms with Crippen molar-refractivity contribution in [1.29, 1.82) is 0 Å². The lowest BCUT2D eigenvalue weighted by atomic mass is 10.1. The van der Waals surface area contributed by atoms with Crippen LogP contribution >= 0.6 is 15.9 Å². The molecule has 1 aromatic carbocycles. The second-order valence-corrected chi connectivity index (χ2v) is 5.16. The van der Waals surface area contributed by atoms with Gasteiger partial charge in [0.25, 0.3) is 5.91 Å². The Hall–Kier alpha value is -1.56. The van der Waals surface area contributed by atoms with Crippen LogP contribution in [0, 0.1) is 0 Å². The molecule has 0 aliphatic heterocycles. The van der Waals surface area contributed by atoms with E-state index >= 15 is 0 Å². The molecule has 5 nitrogen and oxygen atoms in total. The first-order valence-corrected chi connectivity index (χ1v) is 6.82. The number of hydrogen-bond donors (Lipinski definition) is 2. The maximum absolute atomic E-state index is 12.1. The van der Waals surface area contributed by atoms with E-state index < -0.39 is 0 Å². The number of benzene rings is 1. The van der Waals surface area contributed by atoms with Crippen molar-refractivity contribution in [3.8, 4) is 0 Å². The van der Waals surface area contributed by atoms with E-state index in [1.165, 1.54) is 4.90 Å². The van der Waals surface area contributed by atoms with Crippen molar-refractivity contribution >= 4 is 33.4 Å². The molecule has 0 saturated heterocycles. The van der Waals surface area contributed by atoms with E-state index in [0.717, 1.165) is 10.9 Å². The number of hydrogen-bond acceptors (Lipinski definition) is 3. The number of nitrogens with two attached hydrogens (primary N) is 1. The molecule has 3 N–H and O–H groups in total. The molecule has 6 heteroatoms. The van der Waals surface area contributed by atoms with Gasteiger partial charge in [-0.2, -0.15) is 0 Å². The van der Waals surface area contributed by atoms with Gasteiger partial charge in [0.15, 0.2) is 0 Å². The standard InChI is InChI=1S/C13H18BrN3O2/c1-3-6-16-12(18)8-17(2)13(19)10-5-4-9(14)7-11(10)15/h4-5,7H,3,6,8,15H2,1-2H3,(H,16,18). The minimum atomic E-state index is -0.267. The molecule has 0 saturated carbocycles. The van der Waals surface area contributed by atoms with Crippen LogP contribution in [0.5, 0.6) is 0 Å². The zero-order valence-corrected chi connectivity index (χ0v) is 12.7. The smallest absolute Gasteiger partial charge is 0.256 e. The Morgan fingerprint density at radius 2 is 2.11 bits per heavy atom. The van der Waals surface area contributed by atoms with Crippen LogP contribution in [0.25, 0.3) is 0 Å². The van der Waals surface area contributed by atoms with E-state index in [1.54, 1.807) is 25.2 Å². The number of carbonyl (C=O) groups is 2. The highest BCUT2D eigenvalue weighted by atomic mass is 79.9. The van der Waals surface area contributed by atoms with E-state index in [9.17, 15) is 9.59 Å². The highest BCUT2D eigenvalue weighted by molar-refractivity contribution is 9.10.